The van der Waals surface area contributed by atoms with Gasteiger partial charge in [0.15, 0.2) is 0 Å². The zero-order valence-corrected chi connectivity index (χ0v) is 8.67. The molecule has 0 amide bonds. The van der Waals surface area contributed by atoms with Gasteiger partial charge in [-0.2, -0.15) is 0 Å². The number of benzene rings is 1. The molecule has 1 unspecified atom stereocenters. The summed E-state index contributed by atoms with van der Waals surface area (Å²) in [5, 5.41) is 0. The summed E-state index contributed by atoms with van der Waals surface area (Å²) < 4.78 is 12.8. The third kappa shape index (κ3) is 3.88. The Hall–Kier alpha value is -0.890. The van der Waals surface area contributed by atoms with Crippen molar-refractivity contribution in [2.45, 2.75) is 38.6 Å². The van der Waals surface area contributed by atoms with Crippen LogP contribution in [-0.2, 0) is 6.42 Å². The number of hydrogen-bond donors (Lipinski definition) is 1. The summed E-state index contributed by atoms with van der Waals surface area (Å²) in [6, 6.07) is 7.08. The fourth-order valence-electron chi connectivity index (χ4n) is 1.46. The van der Waals surface area contributed by atoms with Crippen LogP contribution in [0.4, 0.5) is 4.39 Å². The van der Waals surface area contributed by atoms with Crippen molar-refractivity contribution < 1.29 is 4.39 Å². The van der Waals surface area contributed by atoms with E-state index >= 15 is 0 Å². The monoisotopic (exact) mass is 195 g/mol. The van der Waals surface area contributed by atoms with Gasteiger partial charge >= 0.3 is 0 Å². The van der Waals surface area contributed by atoms with Crippen LogP contribution in [0.2, 0.25) is 0 Å². The molecule has 0 radical (unpaired) electrons. The molecule has 1 rings (SSSR count). The van der Waals surface area contributed by atoms with Crippen LogP contribution in [0.5, 0.6) is 0 Å². The van der Waals surface area contributed by atoms with Crippen molar-refractivity contribution >= 4 is 0 Å². The Balaban J connectivity index is 2.31. The maximum atomic E-state index is 12.8. The van der Waals surface area contributed by atoms with E-state index in [1.165, 1.54) is 6.07 Å². The summed E-state index contributed by atoms with van der Waals surface area (Å²) in [6.45, 7) is 2.09. The average molecular weight is 195 g/mol. The molecule has 14 heavy (non-hydrogen) atoms. The van der Waals surface area contributed by atoms with Crippen molar-refractivity contribution in [1.82, 2.24) is 0 Å². The molecule has 0 spiro atoms. The normalized spacial score (nSPS) is 12.8. The highest BCUT2D eigenvalue weighted by Crippen LogP contribution is 2.08. The van der Waals surface area contributed by atoms with Gasteiger partial charge in [0.1, 0.15) is 5.82 Å². The molecule has 0 saturated heterocycles. The second-order valence-corrected chi connectivity index (χ2v) is 3.69. The van der Waals surface area contributed by atoms with Gasteiger partial charge in [-0.25, -0.2) is 4.39 Å². The molecular formula is C12H18FN. The summed E-state index contributed by atoms with van der Waals surface area (Å²) in [7, 11) is 0. The molecule has 1 aromatic carbocycles. The first-order valence-electron chi connectivity index (χ1n) is 5.22. The first-order chi connectivity index (χ1) is 6.72. The van der Waals surface area contributed by atoms with Crippen molar-refractivity contribution in [3.05, 3.63) is 35.6 Å². The summed E-state index contributed by atoms with van der Waals surface area (Å²) in [5.74, 6) is -0.151. The number of aryl methyl sites for hydroxylation is 1. The van der Waals surface area contributed by atoms with E-state index in [9.17, 15) is 4.39 Å². The van der Waals surface area contributed by atoms with E-state index in [1.807, 2.05) is 6.07 Å². The topological polar surface area (TPSA) is 26.0 Å². The lowest BCUT2D eigenvalue weighted by Gasteiger charge is -2.07. The Labute approximate surface area is 85.1 Å². The van der Waals surface area contributed by atoms with Crippen molar-refractivity contribution in [1.29, 1.82) is 0 Å². The van der Waals surface area contributed by atoms with Gasteiger partial charge in [0, 0.05) is 6.04 Å². The molecule has 1 aromatic rings. The minimum atomic E-state index is -0.151. The fourth-order valence-corrected chi connectivity index (χ4v) is 1.46. The minimum absolute atomic E-state index is 0.151. The predicted molar refractivity (Wildman–Crippen MR) is 57.6 cm³/mol. The lowest BCUT2D eigenvalue weighted by molar-refractivity contribution is 0.566. The fraction of sp³-hybridized carbons (Fsp3) is 0.500. The van der Waals surface area contributed by atoms with E-state index in [1.54, 1.807) is 12.1 Å². The Morgan fingerprint density at radius 2 is 2.21 bits per heavy atom. The average Bonchev–Trinajstić information content (AvgIpc) is 2.17. The number of halogens is 1. The van der Waals surface area contributed by atoms with E-state index in [2.05, 4.69) is 6.92 Å². The Kier molecular flexibility index (Phi) is 4.60. The molecule has 0 aliphatic rings. The molecule has 0 aliphatic carbocycles. The van der Waals surface area contributed by atoms with E-state index < -0.39 is 0 Å². The SMILES string of the molecule is CCC(N)CCCc1cccc(F)c1. The van der Waals surface area contributed by atoms with Crippen LogP contribution < -0.4 is 5.73 Å². The zero-order valence-electron chi connectivity index (χ0n) is 8.67. The summed E-state index contributed by atoms with van der Waals surface area (Å²) >= 11 is 0. The van der Waals surface area contributed by atoms with Gasteiger partial charge in [0.25, 0.3) is 0 Å². The quantitative estimate of drug-likeness (QED) is 0.768. The van der Waals surface area contributed by atoms with Gasteiger partial charge in [-0.1, -0.05) is 19.1 Å². The van der Waals surface area contributed by atoms with Crippen molar-refractivity contribution in [3.63, 3.8) is 0 Å². The smallest absolute Gasteiger partial charge is 0.123 e. The number of rotatable bonds is 5. The van der Waals surface area contributed by atoms with Gasteiger partial charge in [-0.15, -0.1) is 0 Å². The van der Waals surface area contributed by atoms with Gasteiger partial charge < -0.3 is 5.73 Å². The minimum Gasteiger partial charge on any atom is -0.328 e. The Bertz CT molecular complexity index is 273. The molecule has 0 aliphatic heterocycles. The van der Waals surface area contributed by atoms with Gasteiger partial charge in [0.2, 0.25) is 0 Å². The number of hydrogen-bond acceptors (Lipinski definition) is 1. The largest absolute Gasteiger partial charge is 0.328 e. The molecule has 78 valence electrons. The van der Waals surface area contributed by atoms with Gasteiger partial charge in [-0.3, -0.25) is 0 Å². The Morgan fingerprint density at radius 3 is 2.86 bits per heavy atom. The molecule has 1 atom stereocenters. The summed E-state index contributed by atoms with van der Waals surface area (Å²) in [6.07, 6.45) is 4.00. The van der Waals surface area contributed by atoms with Crippen LogP contribution >= 0.6 is 0 Å². The van der Waals surface area contributed by atoms with Crippen molar-refractivity contribution in [2.75, 3.05) is 0 Å². The summed E-state index contributed by atoms with van der Waals surface area (Å²) in [5.41, 5.74) is 6.86. The van der Waals surface area contributed by atoms with Crippen LogP contribution in [0.15, 0.2) is 24.3 Å². The highest BCUT2D eigenvalue weighted by Gasteiger charge is 2.00. The summed E-state index contributed by atoms with van der Waals surface area (Å²) in [4.78, 5) is 0. The molecule has 0 fully saturated rings. The van der Waals surface area contributed by atoms with Gasteiger partial charge in [-0.05, 0) is 43.4 Å². The van der Waals surface area contributed by atoms with Crippen molar-refractivity contribution in [3.8, 4) is 0 Å². The predicted octanol–water partition coefficient (Wildman–Crippen LogP) is 2.89. The van der Waals surface area contributed by atoms with E-state index in [0.29, 0.717) is 6.04 Å². The molecule has 0 saturated carbocycles. The standard InChI is InChI=1S/C12H18FN/c1-2-12(14)8-4-6-10-5-3-7-11(13)9-10/h3,5,7,9,12H,2,4,6,8,14H2,1H3. The van der Waals surface area contributed by atoms with E-state index in [4.69, 9.17) is 5.73 Å². The first kappa shape index (κ1) is 11.2. The molecular weight excluding hydrogens is 177 g/mol. The maximum absolute atomic E-state index is 12.8. The second-order valence-electron chi connectivity index (χ2n) is 3.69. The Morgan fingerprint density at radius 1 is 1.43 bits per heavy atom. The first-order valence-corrected chi connectivity index (χ1v) is 5.22. The molecule has 2 heteroatoms. The van der Waals surface area contributed by atoms with E-state index in [0.717, 1.165) is 31.2 Å². The van der Waals surface area contributed by atoms with Gasteiger partial charge in [0.05, 0.1) is 0 Å². The maximum Gasteiger partial charge on any atom is 0.123 e. The van der Waals surface area contributed by atoms with Crippen LogP contribution in [0.25, 0.3) is 0 Å². The molecule has 2 N–H and O–H groups in total. The van der Waals surface area contributed by atoms with Crippen LogP contribution in [0.1, 0.15) is 31.7 Å². The third-order valence-corrected chi connectivity index (χ3v) is 2.45. The molecule has 0 aromatic heterocycles. The van der Waals surface area contributed by atoms with Crippen LogP contribution in [0, 0.1) is 5.82 Å². The van der Waals surface area contributed by atoms with Crippen molar-refractivity contribution in [2.24, 2.45) is 5.73 Å². The highest BCUT2D eigenvalue weighted by atomic mass is 19.1. The zero-order chi connectivity index (χ0) is 10.4. The third-order valence-electron chi connectivity index (χ3n) is 2.45. The molecule has 0 heterocycles. The van der Waals surface area contributed by atoms with Crippen LogP contribution in [-0.4, -0.2) is 6.04 Å². The lowest BCUT2D eigenvalue weighted by Crippen LogP contribution is -2.18. The second kappa shape index (κ2) is 5.76. The number of nitrogens with two attached hydrogens (primary N) is 1. The molecule has 0 bridgehead atoms. The van der Waals surface area contributed by atoms with Crippen LogP contribution in [0.3, 0.4) is 0 Å². The highest BCUT2D eigenvalue weighted by molar-refractivity contribution is 5.16. The van der Waals surface area contributed by atoms with E-state index in [-0.39, 0.29) is 5.82 Å². The lowest BCUT2D eigenvalue weighted by atomic mass is 10.0. The molecule has 1 nitrogen and oxygen atoms in total.